The molecule has 0 unspecified atom stereocenters. The van der Waals surface area contributed by atoms with Crippen molar-refractivity contribution in [1.29, 1.82) is 0 Å². The second kappa shape index (κ2) is 5.87. The van der Waals surface area contributed by atoms with Crippen molar-refractivity contribution in [2.45, 2.75) is 0 Å². The molecule has 0 aliphatic carbocycles. The minimum atomic E-state index is -1.22. The Morgan fingerprint density at radius 3 is 2.40 bits per heavy atom. The monoisotopic (exact) mass is 331 g/mol. The Kier molecular flexibility index (Phi) is 4.38. The van der Waals surface area contributed by atoms with Gasteiger partial charge in [0.1, 0.15) is 0 Å². The number of nitrogens with zero attached hydrogens (tertiary/aromatic N) is 1. The molecule has 1 N–H and O–H groups in total. The van der Waals surface area contributed by atoms with Crippen LogP contribution in [0.25, 0.3) is 11.1 Å². The highest BCUT2D eigenvalue weighted by Gasteiger charge is 2.20. The summed E-state index contributed by atoms with van der Waals surface area (Å²) in [6.45, 7) is 0. The Hall–Kier alpha value is -1.49. The van der Waals surface area contributed by atoms with Gasteiger partial charge < -0.3 is 9.84 Å². The van der Waals surface area contributed by atoms with Crippen LogP contribution in [0.4, 0.5) is 0 Å². The van der Waals surface area contributed by atoms with Crippen molar-refractivity contribution in [3.63, 3.8) is 0 Å². The van der Waals surface area contributed by atoms with Crippen LogP contribution in [0.2, 0.25) is 15.1 Å². The molecule has 0 bridgehead atoms. The molecule has 1 heterocycles. The minimum absolute atomic E-state index is 0.175. The molecule has 2 aromatic rings. The summed E-state index contributed by atoms with van der Waals surface area (Å²) in [4.78, 5) is 15.2. The molecule has 4 nitrogen and oxygen atoms in total. The number of methoxy groups -OCH3 is 1. The number of aromatic carboxylic acids is 1. The number of halogens is 3. The van der Waals surface area contributed by atoms with Crippen LogP contribution in [0.5, 0.6) is 5.88 Å². The number of pyridine rings is 1. The van der Waals surface area contributed by atoms with Crippen LogP contribution in [-0.4, -0.2) is 23.2 Å². The maximum absolute atomic E-state index is 11.3. The topological polar surface area (TPSA) is 59.4 Å². The van der Waals surface area contributed by atoms with E-state index in [1.54, 1.807) is 6.07 Å². The fraction of sp³-hybridized carbons (Fsp3) is 0.0769. The first-order valence-corrected chi connectivity index (χ1v) is 6.51. The molecule has 0 spiro atoms. The summed E-state index contributed by atoms with van der Waals surface area (Å²) < 4.78 is 4.91. The second-order valence-corrected chi connectivity index (χ2v) is 4.97. The van der Waals surface area contributed by atoms with Gasteiger partial charge in [-0.15, -0.1) is 0 Å². The molecule has 2 rings (SSSR count). The normalized spacial score (nSPS) is 10.4. The summed E-state index contributed by atoms with van der Waals surface area (Å²) in [5, 5.41) is 10.00. The van der Waals surface area contributed by atoms with Gasteiger partial charge >= 0.3 is 5.97 Å². The fourth-order valence-electron chi connectivity index (χ4n) is 1.69. The quantitative estimate of drug-likeness (QED) is 0.845. The molecule has 104 valence electrons. The zero-order valence-corrected chi connectivity index (χ0v) is 12.4. The number of hydrogen-bond donors (Lipinski definition) is 1. The average Bonchev–Trinajstić information content (AvgIpc) is 2.43. The third-order valence-corrected chi connectivity index (χ3v) is 3.71. The fourth-order valence-corrected chi connectivity index (χ4v) is 2.43. The van der Waals surface area contributed by atoms with Crippen LogP contribution in [0.1, 0.15) is 10.5 Å². The Morgan fingerprint density at radius 2 is 1.80 bits per heavy atom. The highest BCUT2D eigenvalue weighted by atomic mass is 35.5. The molecule has 1 aromatic carbocycles. The van der Waals surface area contributed by atoms with Crippen molar-refractivity contribution in [1.82, 2.24) is 4.98 Å². The van der Waals surface area contributed by atoms with E-state index in [1.165, 1.54) is 25.3 Å². The third kappa shape index (κ3) is 2.68. The number of benzene rings is 1. The lowest BCUT2D eigenvalue weighted by Crippen LogP contribution is -2.05. The van der Waals surface area contributed by atoms with Crippen LogP contribution in [0, 0.1) is 0 Å². The maximum Gasteiger partial charge on any atom is 0.355 e. The zero-order chi connectivity index (χ0) is 14.9. The first-order chi connectivity index (χ1) is 9.45. The van der Waals surface area contributed by atoms with E-state index >= 15 is 0 Å². The Balaban J connectivity index is 2.76. The van der Waals surface area contributed by atoms with Gasteiger partial charge in [-0.2, -0.15) is 0 Å². The number of rotatable bonds is 3. The van der Waals surface area contributed by atoms with Gasteiger partial charge in [0, 0.05) is 17.2 Å². The van der Waals surface area contributed by atoms with E-state index in [0.717, 1.165) is 0 Å². The number of hydrogen-bond acceptors (Lipinski definition) is 3. The maximum atomic E-state index is 11.3. The van der Waals surface area contributed by atoms with E-state index in [4.69, 9.17) is 39.5 Å². The lowest BCUT2D eigenvalue weighted by atomic mass is 10.0. The number of carboxylic acid groups (broad SMARTS) is 1. The smallest absolute Gasteiger partial charge is 0.355 e. The zero-order valence-electron chi connectivity index (χ0n) is 10.2. The Bertz CT molecular complexity index is 689. The van der Waals surface area contributed by atoms with Gasteiger partial charge in [0.2, 0.25) is 5.88 Å². The Labute approximate surface area is 129 Å². The van der Waals surface area contributed by atoms with E-state index in [0.29, 0.717) is 5.56 Å². The number of ether oxygens (including phenoxy) is 1. The summed E-state index contributed by atoms with van der Waals surface area (Å²) in [5.41, 5.74) is 0.389. The molecule has 0 saturated heterocycles. The van der Waals surface area contributed by atoms with E-state index in [-0.39, 0.29) is 32.2 Å². The van der Waals surface area contributed by atoms with Gasteiger partial charge in [0.05, 0.1) is 22.2 Å². The van der Waals surface area contributed by atoms with E-state index in [9.17, 15) is 9.90 Å². The van der Waals surface area contributed by atoms with Gasteiger partial charge in [-0.3, -0.25) is 0 Å². The largest absolute Gasteiger partial charge is 0.481 e. The van der Waals surface area contributed by atoms with Gasteiger partial charge in [0.15, 0.2) is 5.69 Å². The standard InChI is InChI=1S/C13H8Cl3NO3/c1-20-9-5-2-6(12(17-9)13(18)19)10-7(14)3-4-8(15)11(10)16/h2-5H,1H3,(H,18,19). The van der Waals surface area contributed by atoms with Crippen LogP contribution >= 0.6 is 34.8 Å². The molecule has 20 heavy (non-hydrogen) atoms. The third-order valence-electron chi connectivity index (χ3n) is 2.59. The van der Waals surface area contributed by atoms with Crippen molar-refractivity contribution in [2.75, 3.05) is 7.11 Å². The van der Waals surface area contributed by atoms with Crippen molar-refractivity contribution in [3.8, 4) is 17.0 Å². The van der Waals surface area contributed by atoms with Crippen LogP contribution in [0.15, 0.2) is 24.3 Å². The van der Waals surface area contributed by atoms with Crippen LogP contribution < -0.4 is 4.74 Å². The van der Waals surface area contributed by atoms with Crippen molar-refractivity contribution < 1.29 is 14.6 Å². The van der Waals surface area contributed by atoms with Crippen molar-refractivity contribution in [2.24, 2.45) is 0 Å². The molecular formula is C13H8Cl3NO3. The lowest BCUT2D eigenvalue weighted by Gasteiger charge is -2.11. The Morgan fingerprint density at radius 1 is 1.15 bits per heavy atom. The molecule has 0 radical (unpaired) electrons. The highest BCUT2D eigenvalue weighted by Crippen LogP contribution is 2.40. The molecule has 0 amide bonds. The van der Waals surface area contributed by atoms with Gasteiger partial charge in [-0.1, -0.05) is 34.8 Å². The highest BCUT2D eigenvalue weighted by molar-refractivity contribution is 6.46. The number of carbonyl (C=O) groups is 1. The van der Waals surface area contributed by atoms with E-state index in [1.807, 2.05) is 0 Å². The van der Waals surface area contributed by atoms with Gasteiger partial charge in [0.25, 0.3) is 0 Å². The minimum Gasteiger partial charge on any atom is -0.481 e. The molecule has 1 aromatic heterocycles. The summed E-state index contributed by atoms with van der Waals surface area (Å²) in [6, 6.07) is 6.13. The summed E-state index contributed by atoms with van der Waals surface area (Å²) in [7, 11) is 1.40. The summed E-state index contributed by atoms with van der Waals surface area (Å²) >= 11 is 18.1. The van der Waals surface area contributed by atoms with E-state index in [2.05, 4.69) is 4.98 Å². The molecular weight excluding hydrogens is 325 g/mol. The number of aromatic nitrogens is 1. The predicted molar refractivity (Wildman–Crippen MR) is 78.2 cm³/mol. The molecule has 0 atom stereocenters. The van der Waals surface area contributed by atoms with Crippen molar-refractivity contribution in [3.05, 3.63) is 45.0 Å². The second-order valence-electron chi connectivity index (χ2n) is 3.77. The predicted octanol–water partition coefficient (Wildman–Crippen LogP) is 4.42. The average molecular weight is 333 g/mol. The molecule has 0 aliphatic rings. The van der Waals surface area contributed by atoms with Crippen molar-refractivity contribution >= 4 is 40.8 Å². The van der Waals surface area contributed by atoms with Gasteiger partial charge in [-0.05, 0) is 18.2 Å². The first-order valence-electron chi connectivity index (χ1n) is 5.38. The number of carboxylic acids is 1. The molecule has 0 fully saturated rings. The van der Waals surface area contributed by atoms with Crippen LogP contribution in [0.3, 0.4) is 0 Å². The summed E-state index contributed by atoms with van der Waals surface area (Å²) in [5.74, 6) is -1.04. The van der Waals surface area contributed by atoms with E-state index < -0.39 is 5.97 Å². The molecule has 0 aliphatic heterocycles. The SMILES string of the molecule is COc1ccc(-c2c(Cl)ccc(Cl)c2Cl)c(C(=O)O)n1. The lowest BCUT2D eigenvalue weighted by molar-refractivity contribution is 0.0690. The summed E-state index contributed by atoms with van der Waals surface area (Å²) in [6.07, 6.45) is 0. The molecule has 0 saturated carbocycles. The van der Waals surface area contributed by atoms with Crippen LogP contribution in [-0.2, 0) is 0 Å². The first kappa shape index (κ1) is 14.9. The molecule has 7 heteroatoms. The van der Waals surface area contributed by atoms with Gasteiger partial charge in [-0.25, -0.2) is 9.78 Å².